The van der Waals surface area contributed by atoms with Crippen molar-refractivity contribution in [2.45, 2.75) is 12.8 Å². The van der Waals surface area contributed by atoms with Crippen molar-refractivity contribution in [2.24, 2.45) is 5.92 Å². The molecule has 0 bridgehead atoms. The van der Waals surface area contributed by atoms with Gasteiger partial charge < -0.3 is 24.7 Å². The number of amides is 1. The second-order valence-electron chi connectivity index (χ2n) is 2.85. The van der Waals surface area contributed by atoms with Gasteiger partial charge in [-0.1, -0.05) is 0 Å². The van der Waals surface area contributed by atoms with E-state index in [2.05, 4.69) is 0 Å². The van der Waals surface area contributed by atoms with Crippen LogP contribution >= 0.6 is 0 Å². The zero-order chi connectivity index (χ0) is 9.14. The van der Waals surface area contributed by atoms with E-state index in [1.807, 2.05) is 0 Å². The van der Waals surface area contributed by atoms with Crippen LogP contribution in [0.3, 0.4) is 0 Å². The Morgan fingerprint density at radius 3 is 1.79 bits per heavy atom. The van der Waals surface area contributed by atoms with E-state index in [4.69, 9.17) is 0 Å². The smallest absolute Gasteiger partial charge is 0.550 e. The SMILES string of the molecule is O=C([O-])C1CCN(C(=O)[O-])CC1.[Cs+].[Cs+]. The number of carbonyl (C=O) groups excluding carboxylic acids is 2. The molecule has 0 radical (unpaired) electrons. The van der Waals surface area contributed by atoms with Gasteiger partial charge in [0.05, 0.1) is 0 Å². The normalized spacial score (nSPS) is 16.4. The largest absolute Gasteiger partial charge is 1.00 e. The van der Waals surface area contributed by atoms with Crippen LogP contribution in [-0.4, -0.2) is 30.1 Å². The molecule has 14 heavy (non-hydrogen) atoms. The number of carboxylic acids is 1. The molecule has 1 aliphatic heterocycles. The van der Waals surface area contributed by atoms with Crippen LogP contribution in [0.2, 0.25) is 0 Å². The molecular formula is C7H9Cs2NO4. The van der Waals surface area contributed by atoms with Crippen molar-refractivity contribution in [2.75, 3.05) is 13.1 Å². The van der Waals surface area contributed by atoms with Crippen molar-refractivity contribution in [1.82, 2.24) is 4.90 Å². The van der Waals surface area contributed by atoms with Crippen LogP contribution in [0.1, 0.15) is 12.8 Å². The Labute approximate surface area is 200 Å². The fraction of sp³-hybridized carbons (Fsp3) is 0.714. The monoisotopic (exact) mass is 437 g/mol. The Balaban J connectivity index is 0. The summed E-state index contributed by atoms with van der Waals surface area (Å²) < 4.78 is 0. The van der Waals surface area contributed by atoms with Gasteiger partial charge in [-0.05, 0) is 12.8 Å². The summed E-state index contributed by atoms with van der Waals surface area (Å²) in [6, 6.07) is 0. The summed E-state index contributed by atoms with van der Waals surface area (Å²) in [6.45, 7) is 0.474. The van der Waals surface area contributed by atoms with Crippen molar-refractivity contribution in [3.63, 3.8) is 0 Å². The summed E-state index contributed by atoms with van der Waals surface area (Å²) in [5.74, 6) is -1.59. The maximum absolute atomic E-state index is 10.3. The molecule has 1 heterocycles. The van der Waals surface area contributed by atoms with E-state index in [1.54, 1.807) is 0 Å². The summed E-state index contributed by atoms with van der Waals surface area (Å²) >= 11 is 0. The van der Waals surface area contributed by atoms with Crippen molar-refractivity contribution < 1.29 is 158 Å². The van der Waals surface area contributed by atoms with Crippen LogP contribution in [0.5, 0.6) is 0 Å². The minimum Gasteiger partial charge on any atom is -0.550 e. The fourth-order valence-corrected chi connectivity index (χ4v) is 1.30. The number of aliphatic carboxylic acids is 1. The molecule has 0 aromatic heterocycles. The predicted molar refractivity (Wildman–Crippen MR) is 34.7 cm³/mol. The molecule has 0 N–H and O–H groups in total. The second kappa shape index (κ2) is 9.83. The van der Waals surface area contributed by atoms with Gasteiger partial charge in [0.15, 0.2) is 0 Å². The van der Waals surface area contributed by atoms with Crippen LogP contribution in [0.15, 0.2) is 0 Å². The summed E-state index contributed by atoms with van der Waals surface area (Å²) in [6.07, 6.45) is -0.570. The third-order valence-electron chi connectivity index (χ3n) is 2.09. The fourth-order valence-electron chi connectivity index (χ4n) is 1.30. The van der Waals surface area contributed by atoms with Gasteiger partial charge in [-0.2, -0.15) is 0 Å². The van der Waals surface area contributed by atoms with Crippen LogP contribution in [-0.2, 0) is 4.79 Å². The van der Waals surface area contributed by atoms with Gasteiger partial charge in [-0.3, -0.25) is 0 Å². The maximum atomic E-state index is 10.3. The number of carbonyl (C=O) groups is 2. The van der Waals surface area contributed by atoms with Crippen LogP contribution < -0.4 is 148 Å². The quantitative estimate of drug-likeness (QED) is 0.409. The average Bonchev–Trinajstić information content (AvgIpc) is 2.04. The molecule has 68 valence electrons. The van der Waals surface area contributed by atoms with E-state index in [-0.39, 0.29) is 151 Å². The van der Waals surface area contributed by atoms with Crippen molar-refractivity contribution >= 4 is 12.1 Å². The second-order valence-corrected chi connectivity index (χ2v) is 2.85. The van der Waals surface area contributed by atoms with E-state index in [0.717, 1.165) is 4.90 Å². The maximum Gasteiger partial charge on any atom is 1.00 e. The van der Waals surface area contributed by atoms with Crippen molar-refractivity contribution in [3.05, 3.63) is 0 Å². The Kier molecular flexibility index (Phi) is 13.5. The molecule has 0 aliphatic carbocycles. The number of rotatable bonds is 1. The third-order valence-corrected chi connectivity index (χ3v) is 2.09. The topological polar surface area (TPSA) is 83.5 Å². The average molecular weight is 437 g/mol. The van der Waals surface area contributed by atoms with E-state index in [9.17, 15) is 19.8 Å². The van der Waals surface area contributed by atoms with Gasteiger partial charge in [-0.25, -0.2) is 0 Å². The molecule has 0 spiro atoms. The van der Waals surface area contributed by atoms with E-state index in [1.165, 1.54) is 0 Å². The standard InChI is InChI=1S/C7H11NO4.2Cs/c9-6(10)5-1-3-8(4-2-5)7(11)12;;/h5H,1-4H2,(H,9,10)(H,11,12);;/q;2*+1/p-2. The Morgan fingerprint density at radius 2 is 1.50 bits per heavy atom. The summed E-state index contributed by atoms with van der Waals surface area (Å²) in [5.41, 5.74) is 0. The molecule has 1 fully saturated rings. The van der Waals surface area contributed by atoms with Gasteiger partial charge in [-0.15, -0.1) is 0 Å². The first kappa shape index (κ1) is 19.2. The zero-order valence-corrected chi connectivity index (χ0v) is 21.0. The molecule has 1 saturated heterocycles. The Hall–Kier alpha value is 2.84. The first-order valence-electron chi connectivity index (χ1n) is 3.78. The van der Waals surface area contributed by atoms with Gasteiger partial charge in [0, 0.05) is 25.0 Å². The van der Waals surface area contributed by atoms with E-state index >= 15 is 0 Å². The van der Waals surface area contributed by atoms with Crippen molar-refractivity contribution in [1.29, 1.82) is 0 Å². The number of hydrogen-bond acceptors (Lipinski definition) is 4. The first-order chi connectivity index (χ1) is 5.61. The predicted octanol–water partition coefficient (Wildman–Crippen LogP) is -8.20. The van der Waals surface area contributed by atoms with Crippen LogP contribution in [0.25, 0.3) is 0 Å². The van der Waals surface area contributed by atoms with Crippen LogP contribution in [0.4, 0.5) is 4.79 Å². The molecule has 5 nitrogen and oxygen atoms in total. The molecule has 0 aromatic carbocycles. The Morgan fingerprint density at radius 1 is 1.07 bits per heavy atom. The third kappa shape index (κ3) is 6.55. The molecule has 1 rings (SSSR count). The number of hydrogen-bond donors (Lipinski definition) is 0. The van der Waals surface area contributed by atoms with E-state index < -0.39 is 18.0 Å². The molecule has 1 aliphatic rings. The summed E-state index contributed by atoms with van der Waals surface area (Å²) in [5, 5.41) is 20.6. The van der Waals surface area contributed by atoms with Crippen LogP contribution in [0, 0.1) is 5.92 Å². The number of nitrogens with zero attached hydrogens (tertiary/aromatic N) is 1. The number of carboxylic acid groups (broad SMARTS) is 2. The van der Waals surface area contributed by atoms with Gasteiger partial charge in [0.1, 0.15) is 6.09 Å². The number of piperidine rings is 1. The molecule has 0 saturated carbocycles. The molecule has 0 unspecified atom stereocenters. The zero-order valence-electron chi connectivity index (χ0n) is 8.49. The summed E-state index contributed by atoms with van der Waals surface area (Å²) in [4.78, 5) is 21.7. The van der Waals surface area contributed by atoms with Crippen molar-refractivity contribution in [3.8, 4) is 0 Å². The molecule has 1 amide bonds. The Bertz CT molecular complexity index is 182. The summed E-state index contributed by atoms with van der Waals surface area (Å²) in [7, 11) is 0. The molecule has 0 atom stereocenters. The molecular weight excluding hydrogens is 428 g/mol. The molecule has 7 heteroatoms. The van der Waals surface area contributed by atoms with Gasteiger partial charge in [0.25, 0.3) is 0 Å². The van der Waals surface area contributed by atoms with E-state index in [0.29, 0.717) is 12.8 Å². The molecule has 0 aromatic rings. The minimum absolute atomic E-state index is 0. The van der Waals surface area contributed by atoms with Gasteiger partial charge >= 0.3 is 138 Å². The first-order valence-corrected chi connectivity index (χ1v) is 3.78. The minimum atomic E-state index is -1.23. The number of likely N-dealkylation sites (tertiary alicyclic amines) is 1. The van der Waals surface area contributed by atoms with Gasteiger partial charge in [0.2, 0.25) is 0 Å².